The SMILES string of the molecule is CC.CC(C)(c1ccccc1)c1ccc(OCC(=O)Nc2sc3c(c2C(N)=O)CCCC3)cc1. The van der Waals surface area contributed by atoms with E-state index < -0.39 is 5.91 Å². The number of amides is 2. The average molecular weight is 479 g/mol. The summed E-state index contributed by atoms with van der Waals surface area (Å²) in [7, 11) is 0. The third-order valence-electron chi connectivity index (χ3n) is 6.11. The summed E-state index contributed by atoms with van der Waals surface area (Å²) in [6.45, 7) is 8.23. The van der Waals surface area contributed by atoms with Gasteiger partial charge in [-0.1, -0.05) is 70.2 Å². The Morgan fingerprint density at radius 2 is 1.59 bits per heavy atom. The maximum Gasteiger partial charge on any atom is 0.262 e. The molecule has 2 amide bonds. The van der Waals surface area contributed by atoms with Crippen LogP contribution in [0.15, 0.2) is 54.6 Å². The smallest absolute Gasteiger partial charge is 0.262 e. The van der Waals surface area contributed by atoms with E-state index in [1.165, 1.54) is 16.9 Å². The van der Waals surface area contributed by atoms with E-state index in [1.54, 1.807) is 0 Å². The second kappa shape index (κ2) is 11.3. The lowest BCUT2D eigenvalue weighted by atomic mass is 9.78. The maximum atomic E-state index is 12.5. The highest BCUT2D eigenvalue weighted by atomic mass is 32.1. The molecule has 1 aliphatic carbocycles. The Morgan fingerprint density at radius 1 is 0.971 bits per heavy atom. The lowest BCUT2D eigenvalue weighted by Gasteiger charge is -2.26. The third kappa shape index (κ3) is 5.68. The van der Waals surface area contributed by atoms with Crippen molar-refractivity contribution in [2.75, 3.05) is 11.9 Å². The van der Waals surface area contributed by atoms with Crippen molar-refractivity contribution < 1.29 is 14.3 Å². The summed E-state index contributed by atoms with van der Waals surface area (Å²) in [5, 5.41) is 3.37. The minimum absolute atomic E-state index is 0.137. The van der Waals surface area contributed by atoms with Gasteiger partial charge in [-0.2, -0.15) is 0 Å². The number of nitrogens with two attached hydrogens (primary N) is 1. The van der Waals surface area contributed by atoms with Crippen molar-refractivity contribution in [2.24, 2.45) is 5.73 Å². The molecule has 4 rings (SSSR count). The highest BCUT2D eigenvalue weighted by Crippen LogP contribution is 2.38. The van der Waals surface area contributed by atoms with Crippen molar-refractivity contribution in [2.45, 2.75) is 58.8 Å². The van der Waals surface area contributed by atoms with Crippen LogP contribution in [0.25, 0.3) is 0 Å². The van der Waals surface area contributed by atoms with Crippen LogP contribution in [0.3, 0.4) is 0 Å². The van der Waals surface area contributed by atoms with Gasteiger partial charge in [-0.15, -0.1) is 11.3 Å². The average Bonchev–Trinajstić information content (AvgIpc) is 3.23. The molecular formula is C28H34N2O3S. The number of thiophene rings is 1. The Labute approximate surface area is 206 Å². The lowest BCUT2D eigenvalue weighted by Crippen LogP contribution is -2.22. The highest BCUT2D eigenvalue weighted by Gasteiger charge is 2.25. The standard InChI is InChI=1S/C26H28N2O3S.C2H6/c1-26(2,17-8-4-3-5-9-17)18-12-14-19(15-13-18)31-16-22(29)28-25-23(24(27)30)20-10-6-7-11-21(20)32-25;1-2/h3-5,8-9,12-15H,6-7,10-11,16H2,1-2H3,(H2,27,30)(H,28,29);1-2H3. The quantitative estimate of drug-likeness (QED) is 0.431. The van der Waals surface area contributed by atoms with Crippen molar-refractivity contribution in [1.82, 2.24) is 0 Å². The van der Waals surface area contributed by atoms with Gasteiger partial charge in [0.2, 0.25) is 0 Å². The molecule has 180 valence electrons. The molecular weight excluding hydrogens is 444 g/mol. The molecule has 3 aromatic rings. The predicted molar refractivity (Wildman–Crippen MR) is 140 cm³/mol. The largest absolute Gasteiger partial charge is 0.484 e. The van der Waals surface area contributed by atoms with E-state index >= 15 is 0 Å². The summed E-state index contributed by atoms with van der Waals surface area (Å²) < 4.78 is 5.69. The number of ether oxygens (including phenoxy) is 1. The van der Waals surface area contributed by atoms with Crippen molar-refractivity contribution in [3.63, 3.8) is 0 Å². The molecule has 0 atom stereocenters. The topological polar surface area (TPSA) is 81.4 Å². The fourth-order valence-corrected chi connectivity index (χ4v) is 5.53. The molecule has 0 unspecified atom stereocenters. The van der Waals surface area contributed by atoms with E-state index in [1.807, 2.05) is 56.3 Å². The first-order valence-electron chi connectivity index (χ1n) is 11.9. The summed E-state index contributed by atoms with van der Waals surface area (Å²) in [5.41, 5.74) is 9.32. The van der Waals surface area contributed by atoms with Crippen molar-refractivity contribution in [3.05, 3.63) is 81.7 Å². The number of hydrogen-bond acceptors (Lipinski definition) is 4. The van der Waals surface area contributed by atoms with Crippen LogP contribution in [0.5, 0.6) is 5.75 Å². The number of carbonyl (C=O) groups is 2. The summed E-state index contributed by atoms with van der Waals surface area (Å²) in [4.78, 5) is 25.6. The van der Waals surface area contributed by atoms with Gasteiger partial charge in [0.1, 0.15) is 10.8 Å². The molecule has 0 fully saturated rings. The van der Waals surface area contributed by atoms with Gasteiger partial charge >= 0.3 is 0 Å². The summed E-state index contributed by atoms with van der Waals surface area (Å²) in [6, 6.07) is 18.2. The van der Waals surface area contributed by atoms with E-state index in [4.69, 9.17) is 10.5 Å². The van der Waals surface area contributed by atoms with Gasteiger partial charge in [0.15, 0.2) is 6.61 Å². The molecule has 0 bridgehead atoms. The number of carbonyl (C=O) groups excluding carboxylic acids is 2. The Morgan fingerprint density at radius 3 is 2.24 bits per heavy atom. The van der Waals surface area contributed by atoms with Crippen LogP contribution in [0.1, 0.15) is 72.5 Å². The molecule has 34 heavy (non-hydrogen) atoms. The molecule has 0 radical (unpaired) electrons. The molecule has 2 aromatic carbocycles. The number of benzene rings is 2. The first kappa shape index (κ1) is 25.5. The number of aryl methyl sites for hydroxylation is 1. The van der Waals surface area contributed by atoms with Gasteiger partial charge in [0.05, 0.1) is 5.56 Å². The minimum atomic E-state index is -0.489. The fourth-order valence-electron chi connectivity index (χ4n) is 4.22. The van der Waals surface area contributed by atoms with Crippen LogP contribution in [0.2, 0.25) is 0 Å². The minimum Gasteiger partial charge on any atom is -0.484 e. The zero-order valence-electron chi connectivity index (χ0n) is 20.4. The molecule has 0 saturated carbocycles. The molecule has 3 N–H and O–H groups in total. The summed E-state index contributed by atoms with van der Waals surface area (Å²) in [6.07, 6.45) is 3.90. The second-order valence-corrected chi connectivity index (χ2v) is 9.74. The monoisotopic (exact) mass is 478 g/mol. The zero-order valence-corrected chi connectivity index (χ0v) is 21.3. The Hall–Kier alpha value is -3.12. The number of fused-ring (bicyclic) bond motifs is 1. The molecule has 5 nitrogen and oxygen atoms in total. The van der Waals surface area contributed by atoms with Gasteiger partial charge < -0.3 is 15.8 Å². The number of anilines is 1. The Balaban J connectivity index is 0.00000158. The van der Waals surface area contributed by atoms with Gasteiger partial charge in [-0.25, -0.2) is 0 Å². The third-order valence-corrected chi connectivity index (χ3v) is 7.32. The van der Waals surface area contributed by atoms with Crippen LogP contribution in [-0.4, -0.2) is 18.4 Å². The molecule has 1 aliphatic rings. The molecule has 6 heteroatoms. The van der Waals surface area contributed by atoms with Gasteiger partial charge in [-0.3, -0.25) is 9.59 Å². The highest BCUT2D eigenvalue weighted by molar-refractivity contribution is 7.17. The lowest BCUT2D eigenvalue weighted by molar-refractivity contribution is -0.118. The fraction of sp³-hybridized carbons (Fsp3) is 0.357. The predicted octanol–water partition coefficient (Wildman–Crippen LogP) is 6.10. The second-order valence-electron chi connectivity index (χ2n) is 8.63. The number of primary amides is 1. The van der Waals surface area contributed by atoms with Crippen LogP contribution in [0, 0.1) is 0 Å². The van der Waals surface area contributed by atoms with Crippen molar-refractivity contribution in [3.8, 4) is 5.75 Å². The van der Waals surface area contributed by atoms with Crippen molar-refractivity contribution in [1.29, 1.82) is 0 Å². The summed E-state index contributed by atoms with van der Waals surface area (Å²) in [5.74, 6) is -0.176. The first-order valence-corrected chi connectivity index (χ1v) is 12.7. The van der Waals surface area contributed by atoms with Crippen LogP contribution in [-0.2, 0) is 23.1 Å². The summed E-state index contributed by atoms with van der Waals surface area (Å²) >= 11 is 1.45. The normalized spacial score (nSPS) is 12.7. The van der Waals surface area contributed by atoms with E-state index in [2.05, 4.69) is 31.3 Å². The molecule has 0 spiro atoms. The Bertz CT molecular complexity index is 1120. The van der Waals surface area contributed by atoms with Crippen LogP contribution < -0.4 is 15.8 Å². The zero-order chi connectivity index (χ0) is 24.7. The molecule has 0 aliphatic heterocycles. The van der Waals surface area contributed by atoms with Gasteiger partial charge in [0.25, 0.3) is 11.8 Å². The molecule has 1 heterocycles. The first-order chi connectivity index (χ1) is 16.4. The van der Waals surface area contributed by atoms with Crippen LogP contribution in [0.4, 0.5) is 5.00 Å². The van der Waals surface area contributed by atoms with E-state index in [-0.39, 0.29) is 17.9 Å². The molecule has 1 aromatic heterocycles. The van der Waals surface area contributed by atoms with Crippen LogP contribution >= 0.6 is 11.3 Å². The number of hydrogen-bond donors (Lipinski definition) is 2. The van der Waals surface area contributed by atoms with Gasteiger partial charge in [0, 0.05) is 10.3 Å². The Kier molecular flexibility index (Phi) is 8.51. The number of rotatable bonds is 7. The number of nitrogens with one attached hydrogen (secondary N) is 1. The van der Waals surface area contributed by atoms with E-state index in [0.29, 0.717) is 16.3 Å². The van der Waals surface area contributed by atoms with E-state index in [0.717, 1.165) is 41.7 Å². The molecule has 0 saturated heterocycles. The van der Waals surface area contributed by atoms with E-state index in [9.17, 15) is 9.59 Å². The van der Waals surface area contributed by atoms with Crippen molar-refractivity contribution >= 4 is 28.2 Å². The van der Waals surface area contributed by atoms with Gasteiger partial charge in [-0.05, 0) is 54.5 Å². The maximum absolute atomic E-state index is 12.5.